The van der Waals surface area contributed by atoms with E-state index in [1.807, 2.05) is 0 Å². The van der Waals surface area contributed by atoms with Gasteiger partial charge in [0.15, 0.2) is 10.8 Å². The van der Waals surface area contributed by atoms with Crippen molar-refractivity contribution in [1.82, 2.24) is 24.8 Å². The maximum atomic E-state index is 13.2. The molecule has 0 aromatic carbocycles. The highest BCUT2D eigenvalue weighted by Crippen LogP contribution is 2.41. The van der Waals surface area contributed by atoms with Crippen molar-refractivity contribution in [3.05, 3.63) is 39.5 Å². The van der Waals surface area contributed by atoms with Crippen molar-refractivity contribution in [3.8, 4) is 0 Å². The molecule has 4 N–H and O–H groups in total. The molecule has 206 valence electrons. The second kappa shape index (κ2) is 11.5. The molecular formula is C22H23N7O7S3. The summed E-state index contributed by atoms with van der Waals surface area (Å²) in [5.41, 5.74) is 5.40. The number of rotatable bonds is 8. The number of nitrogen functional groups attached to an aromatic ring is 1. The number of nitrogens with two attached hydrogens (primary N) is 1. The van der Waals surface area contributed by atoms with Crippen molar-refractivity contribution >= 4 is 75.3 Å². The Kier molecular flexibility index (Phi) is 8.31. The van der Waals surface area contributed by atoms with E-state index >= 15 is 0 Å². The van der Waals surface area contributed by atoms with Crippen LogP contribution in [0.15, 0.2) is 33.3 Å². The number of thioether (sulfide) groups is 1. The van der Waals surface area contributed by atoms with E-state index < -0.39 is 53.1 Å². The minimum atomic E-state index is -1.02. The summed E-state index contributed by atoms with van der Waals surface area (Å²) in [6, 6.07) is -1.02. The molecule has 17 heteroatoms. The van der Waals surface area contributed by atoms with E-state index in [9.17, 15) is 24.4 Å². The van der Waals surface area contributed by atoms with E-state index in [1.54, 1.807) is 38.3 Å². The summed E-state index contributed by atoms with van der Waals surface area (Å²) >= 11 is 3.51. The molecule has 2 aromatic heterocycles. The normalized spacial score (nSPS) is 19.5. The lowest BCUT2D eigenvalue weighted by molar-refractivity contribution is -0.173. The Hall–Kier alpha value is -3.83. The van der Waals surface area contributed by atoms with Crippen molar-refractivity contribution in [3.63, 3.8) is 0 Å². The minimum Gasteiger partial charge on any atom is -0.427 e. The number of thiazole rings is 1. The van der Waals surface area contributed by atoms with Gasteiger partial charge in [-0.3, -0.25) is 19.3 Å². The molecule has 2 aliphatic rings. The van der Waals surface area contributed by atoms with E-state index in [4.69, 9.17) is 15.2 Å². The van der Waals surface area contributed by atoms with Gasteiger partial charge in [0.25, 0.3) is 11.8 Å². The third kappa shape index (κ3) is 6.10. The molecule has 2 atom stereocenters. The van der Waals surface area contributed by atoms with Crippen LogP contribution in [0.25, 0.3) is 6.08 Å². The lowest BCUT2D eigenvalue weighted by Gasteiger charge is -2.49. The summed E-state index contributed by atoms with van der Waals surface area (Å²) in [6.07, 6.45) is 3.26. The zero-order valence-corrected chi connectivity index (χ0v) is 23.3. The van der Waals surface area contributed by atoms with E-state index in [1.165, 1.54) is 22.0 Å². The number of hydrogen-bond donors (Lipinski definition) is 3. The van der Waals surface area contributed by atoms with E-state index in [-0.39, 0.29) is 22.3 Å². The van der Waals surface area contributed by atoms with E-state index in [0.717, 1.165) is 22.9 Å². The van der Waals surface area contributed by atoms with Gasteiger partial charge < -0.3 is 25.7 Å². The summed E-state index contributed by atoms with van der Waals surface area (Å²) in [7, 11) is 0. The molecule has 0 spiro atoms. The van der Waals surface area contributed by atoms with Gasteiger partial charge in [0.05, 0.1) is 11.1 Å². The van der Waals surface area contributed by atoms with Gasteiger partial charge >= 0.3 is 11.9 Å². The second-order valence-electron chi connectivity index (χ2n) is 9.15. The van der Waals surface area contributed by atoms with E-state index in [2.05, 4.69) is 25.0 Å². The molecular weight excluding hydrogens is 570 g/mol. The molecule has 1 unspecified atom stereocenters. The predicted octanol–water partition coefficient (Wildman–Crippen LogP) is 1.21. The molecule has 14 nitrogen and oxygen atoms in total. The first kappa shape index (κ1) is 28.2. The first-order valence-electron chi connectivity index (χ1n) is 11.2. The van der Waals surface area contributed by atoms with Crippen LogP contribution in [-0.4, -0.2) is 78.1 Å². The quantitative estimate of drug-likeness (QED) is 0.0988. The van der Waals surface area contributed by atoms with Crippen LogP contribution in [0.3, 0.4) is 0 Å². The van der Waals surface area contributed by atoms with Gasteiger partial charge in [0, 0.05) is 16.5 Å². The Morgan fingerprint density at radius 3 is 2.67 bits per heavy atom. The monoisotopic (exact) mass is 593 g/mol. The molecule has 4 heterocycles. The smallest absolute Gasteiger partial charge is 0.358 e. The number of allylic oxidation sites excluding steroid dienone is 1. The first-order chi connectivity index (χ1) is 18.5. The van der Waals surface area contributed by atoms with Crippen LogP contribution in [0.2, 0.25) is 0 Å². The summed E-state index contributed by atoms with van der Waals surface area (Å²) in [6.45, 7) is 4.32. The minimum absolute atomic E-state index is 0.0512. The van der Waals surface area contributed by atoms with Crippen molar-refractivity contribution in [2.45, 2.75) is 32.2 Å². The SMILES string of the molecule is CC(C)(C)C(=O)OCOC(=O)C1=C(/C=C/c2csnn2)CS[C@H]2C(NC(=O)/C(=N\O)c3csc(N)n3)C(=O)N12. The van der Waals surface area contributed by atoms with Crippen LogP contribution >= 0.6 is 34.6 Å². The van der Waals surface area contributed by atoms with Crippen LogP contribution in [0.5, 0.6) is 0 Å². The van der Waals surface area contributed by atoms with Gasteiger partial charge in [-0.05, 0) is 44.0 Å². The highest BCUT2D eigenvalue weighted by molar-refractivity contribution is 8.00. The summed E-state index contributed by atoms with van der Waals surface area (Å²) in [5, 5.41) is 21.5. The first-order valence-corrected chi connectivity index (χ1v) is 14.0. The number of nitrogens with zero attached hydrogens (tertiary/aromatic N) is 5. The highest BCUT2D eigenvalue weighted by Gasteiger charge is 2.54. The average molecular weight is 594 g/mol. The number of fused-ring (bicyclic) bond motifs is 1. The molecule has 4 rings (SSSR count). The molecule has 0 saturated carbocycles. The Morgan fingerprint density at radius 1 is 1.28 bits per heavy atom. The molecule has 2 aromatic rings. The third-order valence-corrected chi connectivity index (χ3v) is 7.88. The lowest BCUT2D eigenvalue weighted by Crippen LogP contribution is -2.71. The number of β-lactam (4-membered cyclic amide) rings is 1. The van der Waals surface area contributed by atoms with Crippen LogP contribution in [0.1, 0.15) is 32.2 Å². The summed E-state index contributed by atoms with van der Waals surface area (Å²) in [4.78, 5) is 56.2. The van der Waals surface area contributed by atoms with Crippen molar-refractivity contribution in [1.29, 1.82) is 0 Å². The molecule has 1 fully saturated rings. The van der Waals surface area contributed by atoms with Gasteiger partial charge in [-0.2, -0.15) is 0 Å². The Labute approximate surface area is 234 Å². The molecule has 2 aliphatic heterocycles. The predicted molar refractivity (Wildman–Crippen MR) is 142 cm³/mol. The molecule has 1 saturated heterocycles. The number of aromatic nitrogens is 3. The maximum Gasteiger partial charge on any atom is 0.358 e. The van der Waals surface area contributed by atoms with Gasteiger partial charge in [-0.15, -0.1) is 28.2 Å². The highest BCUT2D eigenvalue weighted by atomic mass is 32.2. The molecule has 0 bridgehead atoms. The largest absolute Gasteiger partial charge is 0.427 e. The lowest BCUT2D eigenvalue weighted by atomic mass is 9.98. The summed E-state index contributed by atoms with van der Waals surface area (Å²) < 4.78 is 14.0. The Morgan fingerprint density at radius 2 is 2.05 bits per heavy atom. The number of hydrogen-bond acceptors (Lipinski definition) is 15. The fourth-order valence-electron chi connectivity index (χ4n) is 3.43. The summed E-state index contributed by atoms with van der Waals surface area (Å²) in [5.74, 6) is -2.60. The fourth-order valence-corrected chi connectivity index (χ4v) is 5.72. The van der Waals surface area contributed by atoms with Crippen molar-refractivity contribution < 1.29 is 33.9 Å². The Bertz CT molecular complexity index is 1380. The topological polar surface area (TPSA) is 199 Å². The second-order valence-corrected chi connectivity index (χ2v) is 11.8. The van der Waals surface area contributed by atoms with Crippen LogP contribution in [0, 0.1) is 5.41 Å². The standard InChI is InChI=1S/C22H23N7O7S3/c1-22(2,3)20(33)36-9-35-19(32)15-10(4-5-11-7-39-28-26-11)6-37-18-14(17(31)29(15)18)25-16(30)13(27-34)12-8-38-21(23)24-12/h4-5,7-8,14,18,34H,6,9H2,1-3H3,(H2,23,24)(H,25,30)/b5-4+,27-13-/t14?,18-/m0/s1. The molecule has 0 aliphatic carbocycles. The number of carbonyl (C=O) groups is 4. The number of amides is 2. The van der Waals surface area contributed by atoms with Gasteiger partial charge in [0.1, 0.15) is 22.8 Å². The van der Waals surface area contributed by atoms with Gasteiger partial charge in [-0.1, -0.05) is 15.7 Å². The van der Waals surface area contributed by atoms with Crippen LogP contribution in [0.4, 0.5) is 5.13 Å². The number of esters is 2. The average Bonchev–Trinajstić information content (AvgIpc) is 3.57. The molecule has 2 amide bonds. The molecule has 39 heavy (non-hydrogen) atoms. The zero-order chi connectivity index (χ0) is 28.3. The van der Waals surface area contributed by atoms with Crippen LogP contribution in [-0.2, 0) is 28.7 Å². The van der Waals surface area contributed by atoms with Crippen molar-refractivity contribution in [2.24, 2.45) is 10.6 Å². The Balaban J connectivity index is 1.52. The fraction of sp³-hybridized carbons (Fsp3) is 0.364. The maximum absolute atomic E-state index is 13.2. The van der Waals surface area contributed by atoms with Crippen molar-refractivity contribution in [2.75, 3.05) is 18.3 Å². The van der Waals surface area contributed by atoms with Gasteiger partial charge in [0.2, 0.25) is 6.79 Å². The van der Waals surface area contributed by atoms with E-state index in [0.29, 0.717) is 11.3 Å². The van der Waals surface area contributed by atoms with Crippen LogP contribution < -0.4 is 11.1 Å². The third-order valence-electron chi connectivity index (χ3n) is 5.38. The number of anilines is 1. The number of nitrogens with one attached hydrogen (secondary N) is 1. The number of carbonyl (C=O) groups excluding carboxylic acids is 4. The van der Waals surface area contributed by atoms with Gasteiger partial charge in [-0.25, -0.2) is 9.78 Å². The number of ether oxygens (including phenoxy) is 2. The zero-order valence-electron chi connectivity index (χ0n) is 20.8. The number of oxime groups is 1. The molecule has 0 radical (unpaired) electrons.